The van der Waals surface area contributed by atoms with Crippen LogP contribution in [0.15, 0.2) is 24.3 Å². The van der Waals surface area contributed by atoms with Crippen molar-refractivity contribution in [3.05, 3.63) is 29.8 Å². The summed E-state index contributed by atoms with van der Waals surface area (Å²) in [6, 6.07) is 2.81. The van der Waals surface area contributed by atoms with E-state index in [4.69, 9.17) is 11.2 Å². The maximum Gasteiger partial charge on any atom is 0.260 e. The van der Waals surface area contributed by atoms with Gasteiger partial charge in [0.25, 0.3) is 5.79 Å². The summed E-state index contributed by atoms with van der Waals surface area (Å²) < 4.78 is 12.6. The normalized spacial score (nSPS) is 34.7. The summed E-state index contributed by atoms with van der Waals surface area (Å²) in [6.07, 6.45) is -6.89. The molecule has 1 heterocycles. The van der Waals surface area contributed by atoms with Gasteiger partial charge in [-0.1, -0.05) is 12.1 Å². The van der Waals surface area contributed by atoms with Crippen molar-refractivity contribution in [1.29, 1.82) is 0 Å². The quantitative estimate of drug-likeness (QED) is 0.238. The first-order valence-electron chi connectivity index (χ1n) is 7.42. The summed E-state index contributed by atoms with van der Waals surface area (Å²) in [5, 5.41) is 67.2. The standard InChI is InChI=1S/C15H18O9/c16-6-10-12(20)13(21)14(22)15(23,24-10)11(19)4-2-7-1-3-8(17)9(18)5-7/h1-5,10,12-14,16-18,20-23H,6H2/b4-2+/t10-,12-,13+,14-,15?/m1/s1/i2D. The van der Waals surface area contributed by atoms with Crippen LogP contribution >= 0.6 is 0 Å². The Morgan fingerprint density at radius 2 is 1.92 bits per heavy atom. The second-order valence-electron chi connectivity index (χ2n) is 5.32. The largest absolute Gasteiger partial charge is 0.504 e. The highest BCUT2D eigenvalue weighted by Gasteiger charge is 2.56. The van der Waals surface area contributed by atoms with E-state index in [9.17, 15) is 35.4 Å². The second-order valence-corrected chi connectivity index (χ2v) is 5.32. The van der Waals surface area contributed by atoms with Gasteiger partial charge in [-0.2, -0.15) is 0 Å². The van der Waals surface area contributed by atoms with Gasteiger partial charge in [-0.3, -0.25) is 4.79 Å². The topological polar surface area (TPSA) is 168 Å². The van der Waals surface area contributed by atoms with Crippen LogP contribution in [0.2, 0.25) is 0 Å². The van der Waals surface area contributed by atoms with Crippen molar-refractivity contribution in [1.82, 2.24) is 0 Å². The van der Waals surface area contributed by atoms with E-state index in [2.05, 4.69) is 0 Å². The Kier molecular flexibility index (Phi) is 4.81. The first-order chi connectivity index (χ1) is 11.6. The SMILES string of the molecule is [2H]/C(=C\C(=O)C1(O)O[C@H](CO)[C@@H](O)[C@H](O)[C@H]1O)c1ccc(O)c(O)c1. The first-order valence-corrected chi connectivity index (χ1v) is 6.92. The fraction of sp³-hybridized carbons (Fsp3) is 0.400. The summed E-state index contributed by atoms with van der Waals surface area (Å²) in [5.74, 6) is -5.27. The van der Waals surface area contributed by atoms with E-state index in [1.54, 1.807) is 0 Å². The van der Waals surface area contributed by atoms with Crippen molar-refractivity contribution in [2.24, 2.45) is 0 Å². The van der Waals surface area contributed by atoms with Crippen LogP contribution in [0, 0.1) is 0 Å². The van der Waals surface area contributed by atoms with Gasteiger partial charge in [-0.15, -0.1) is 0 Å². The zero-order chi connectivity index (χ0) is 18.9. The molecule has 0 saturated carbocycles. The van der Waals surface area contributed by atoms with E-state index in [1.807, 2.05) is 0 Å². The van der Waals surface area contributed by atoms with Gasteiger partial charge >= 0.3 is 0 Å². The predicted molar refractivity (Wildman–Crippen MR) is 78.7 cm³/mol. The highest BCUT2D eigenvalue weighted by molar-refractivity contribution is 5.99. The van der Waals surface area contributed by atoms with Crippen molar-refractivity contribution in [2.45, 2.75) is 30.2 Å². The molecule has 1 unspecified atom stereocenters. The number of aliphatic hydroxyl groups excluding tert-OH is 4. The van der Waals surface area contributed by atoms with Crippen LogP contribution < -0.4 is 0 Å². The van der Waals surface area contributed by atoms with Crippen LogP contribution in [0.3, 0.4) is 0 Å². The van der Waals surface area contributed by atoms with E-state index >= 15 is 0 Å². The van der Waals surface area contributed by atoms with E-state index in [-0.39, 0.29) is 5.56 Å². The highest BCUT2D eigenvalue weighted by Crippen LogP contribution is 2.30. The molecule has 9 nitrogen and oxygen atoms in total. The third-order valence-electron chi connectivity index (χ3n) is 3.66. The molecule has 0 aromatic heterocycles. The van der Waals surface area contributed by atoms with Gasteiger partial charge in [0, 0.05) is 0 Å². The van der Waals surface area contributed by atoms with E-state index in [1.165, 1.54) is 6.07 Å². The maximum absolute atomic E-state index is 12.3. The third-order valence-corrected chi connectivity index (χ3v) is 3.66. The maximum atomic E-state index is 12.3. The number of carbonyl (C=O) groups is 1. The molecular formula is C15H18O9. The van der Waals surface area contributed by atoms with Crippen LogP contribution in [0.4, 0.5) is 0 Å². The zero-order valence-electron chi connectivity index (χ0n) is 13.3. The number of aromatic hydroxyl groups is 2. The average molecular weight is 343 g/mol. The number of rotatable bonds is 4. The van der Waals surface area contributed by atoms with Gasteiger partial charge in [0.05, 0.1) is 7.98 Å². The molecule has 0 bridgehead atoms. The molecule has 5 atom stereocenters. The van der Waals surface area contributed by atoms with Gasteiger partial charge in [-0.05, 0) is 23.8 Å². The monoisotopic (exact) mass is 343 g/mol. The lowest BCUT2D eigenvalue weighted by Crippen LogP contribution is -2.67. The minimum Gasteiger partial charge on any atom is -0.504 e. The lowest BCUT2D eigenvalue weighted by atomic mass is 9.90. The molecule has 1 aliphatic heterocycles. The van der Waals surface area contributed by atoms with Gasteiger partial charge in [0.15, 0.2) is 11.5 Å². The molecule has 24 heavy (non-hydrogen) atoms. The third kappa shape index (κ3) is 3.26. The number of phenolic OH excluding ortho intramolecular Hbond substituents is 2. The van der Waals surface area contributed by atoms with Gasteiger partial charge in [0.1, 0.15) is 24.4 Å². The van der Waals surface area contributed by atoms with Crippen LogP contribution in [0.25, 0.3) is 6.05 Å². The molecule has 0 radical (unpaired) electrons. The van der Waals surface area contributed by atoms with E-state index < -0.39 is 60.1 Å². The number of ketones is 1. The van der Waals surface area contributed by atoms with Crippen molar-refractivity contribution in [2.75, 3.05) is 6.61 Å². The summed E-state index contributed by atoms with van der Waals surface area (Å²) in [5.41, 5.74) is 0.0110. The van der Waals surface area contributed by atoms with E-state index in [0.717, 1.165) is 12.1 Å². The molecule has 0 spiro atoms. The first kappa shape index (κ1) is 16.8. The molecule has 0 amide bonds. The van der Waals surface area contributed by atoms with Crippen molar-refractivity contribution < 1.29 is 46.6 Å². The molecule has 0 aliphatic carbocycles. The van der Waals surface area contributed by atoms with Crippen molar-refractivity contribution in [3.8, 4) is 11.5 Å². The Bertz CT molecular complexity index is 690. The lowest BCUT2D eigenvalue weighted by molar-refractivity contribution is -0.329. The minimum absolute atomic E-state index is 0.0110. The number of benzene rings is 1. The second kappa shape index (κ2) is 6.85. The number of hydrogen-bond acceptors (Lipinski definition) is 9. The number of phenols is 2. The Labute approximate surface area is 137 Å². The smallest absolute Gasteiger partial charge is 0.260 e. The molecule has 9 heteroatoms. The van der Waals surface area contributed by atoms with Crippen molar-refractivity contribution in [3.63, 3.8) is 0 Å². The molecular weight excluding hydrogens is 324 g/mol. The average Bonchev–Trinajstić information content (AvgIpc) is 2.58. The summed E-state index contributed by atoms with van der Waals surface area (Å²) in [7, 11) is 0. The van der Waals surface area contributed by atoms with Crippen LogP contribution in [0.5, 0.6) is 11.5 Å². The molecule has 1 aromatic carbocycles. The van der Waals surface area contributed by atoms with Crippen LogP contribution in [-0.4, -0.2) is 78.3 Å². The van der Waals surface area contributed by atoms with Crippen LogP contribution in [-0.2, 0) is 9.53 Å². The summed E-state index contributed by atoms with van der Waals surface area (Å²) in [4.78, 5) is 12.3. The number of aliphatic hydroxyl groups is 5. The predicted octanol–water partition coefficient (Wildman–Crippen LogP) is -2.16. The summed E-state index contributed by atoms with van der Waals surface area (Å²) >= 11 is 0. The number of carbonyl (C=O) groups excluding carboxylic acids is 1. The van der Waals surface area contributed by atoms with Gasteiger partial charge < -0.3 is 40.5 Å². The van der Waals surface area contributed by atoms with Gasteiger partial charge in [-0.25, -0.2) is 0 Å². The van der Waals surface area contributed by atoms with Crippen molar-refractivity contribution >= 4 is 11.8 Å². The molecule has 1 aliphatic rings. The molecule has 1 saturated heterocycles. The zero-order valence-corrected chi connectivity index (χ0v) is 12.3. The Balaban J connectivity index is 2.32. The van der Waals surface area contributed by atoms with Crippen LogP contribution in [0.1, 0.15) is 6.93 Å². The Hall–Kier alpha value is -2.01. The Morgan fingerprint density at radius 3 is 2.50 bits per heavy atom. The highest BCUT2D eigenvalue weighted by atomic mass is 16.7. The number of ether oxygens (including phenoxy) is 1. The fourth-order valence-corrected chi connectivity index (χ4v) is 2.22. The molecule has 132 valence electrons. The number of hydrogen-bond donors (Lipinski definition) is 7. The Morgan fingerprint density at radius 1 is 1.25 bits per heavy atom. The molecule has 1 fully saturated rings. The minimum atomic E-state index is -2.99. The lowest BCUT2D eigenvalue weighted by Gasteiger charge is -2.43. The van der Waals surface area contributed by atoms with Gasteiger partial charge in [0.2, 0.25) is 5.78 Å². The summed E-state index contributed by atoms with van der Waals surface area (Å²) in [6.45, 7) is -0.843. The molecule has 1 aromatic rings. The van der Waals surface area contributed by atoms with E-state index in [0.29, 0.717) is 6.08 Å². The fourth-order valence-electron chi connectivity index (χ4n) is 2.22. The molecule has 2 rings (SSSR count). The molecule has 7 N–H and O–H groups in total.